The lowest BCUT2D eigenvalue weighted by atomic mass is 10.1. The van der Waals surface area contributed by atoms with Crippen molar-refractivity contribution < 1.29 is 4.42 Å². The Hall–Kier alpha value is -0.770. The number of halogens is 3. The van der Waals surface area contributed by atoms with Crippen molar-refractivity contribution in [3.63, 3.8) is 0 Å². The molecule has 2 nitrogen and oxygen atoms in total. The molecule has 0 radical (unpaired) electrons. The molecule has 0 spiro atoms. The summed E-state index contributed by atoms with van der Waals surface area (Å²) in [7, 11) is 0. The molecule has 0 aliphatic rings. The van der Waals surface area contributed by atoms with E-state index in [9.17, 15) is 5.26 Å². The van der Waals surface area contributed by atoms with Crippen LogP contribution in [-0.2, 0) is 0 Å². The average Bonchev–Trinajstić information content (AvgIpc) is 2.65. The molecule has 5 heteroatoms. The first kappa shape index (κ1) is 13.7. The first-order valence-corrected chi connectivity index (χ1v) is 7.17. The Balaban J connectivity index is 2.43. The van der Waals surface area contributed by atoms with Crippen molar-refractivity contribution in [2.75, 3.05) is 0 Å². The van der Waals surface area contributed by atoms with Crippen LogP contribution in [-0.4, -0.2) is 0 Å². The van der Waals surface area contributed by atoms with Crippen molar-refractivity contribution in [3.05, 3.63) is 54.9 Å². The molecule has 18 heavy (non-hydrogen) atoms. The highest BCUT2D eigenvalue weighted by atomic mass is 127. The average molecular weight is 434 g/mol. The SMILES string of the molecule is N#C/C(=C/c1cc(Br)c(I)o1)c1cccc(Cl)c1. The molecule has 0 N–H and O–H groups in total. The standard InChI is InChI=1S/C13H6BrClINO/c14-12-6-11(18-13(12)16)5-9(7-17)8-2-1-3-10(15)4-8/h1-6H/b9-5-. The maximum atomic E-state index is 9.19. The van der Waals surface area contributed by atoms with Crippen molar-refractivity contribution >= 4 is 61.8 Å². The molecular formula is C13H6BrClINO. The van der Waals surface area contributed by atoms with Gasteiger partial charge < -0.3 is 4.42 Å². The van der Waals surface area contributed by atoms with E-state index in [0.29, 0.717) is 16.4 Å². The maximum Gasteiger partial charge on any atom is 0.178 e. The number of allylic oxidation sites excluding steroid dienone is 1. The summed E-state index contributed by atoms with van der Waals surface area (Å²) in [5.41, 5.74) is 1.28. The fraction of sp³-hybridized carbons (Fsp3) is 0. The van der Waals surface area contributed by atoms with Gasteiger partial charge in [0.15, 0.2) is 3.77 Å². The topological polar surface area (TPSA) is 36.9 Å². The second-order valence-corrected chi connectivity index (χ2v) is 5.72. The normalized spacial score (nSPS) is 11.3. The monoisotopic (exact) mass is 433 g/mol. The van der Waals surface area contributed by atoms with Gasteiger partial charge in [-0.1, -0.05) is 23.7 Å². The van der Waals surface area contributed by atoms with Gasteiger partial charge in [-0.25, -0.2) is 0 Å². The minimum atomic E-state index is 0.509. The Labute approximate surface area is 132 Å². The molecule has 2 aromatic rings. The second-order valence-electron chi connectivity index (χ2n) is 3.45. The number of rotatable bonds is 2. The van der Waals surface area contributed by atoms with Gasteiger partial charge in [0, 0.05) is 27.6 Å². The molecule has 0 amide bonds. The number of nitriles is 1. The van der Waals surface area contributed by atoms with Crippen LogP contribution in [0.5, 0.6) is 0 Å². The van der Waals surface area contributed by atoms with Crippen molar-refractivity contribution in [1.82, 2.24) is 0 Å². The van der Waals surface area contributed by atoms with E-state index in [1.54, 1.807) is 18.2 Å². The zero-order valence-electron chi connectivity index (χ0n) is 8.95. The van der Waals surface area contributed by atoms with Gasteiger partial charge in [-0.2, -0.15) is 5.26 Å². The van der Waals surface area contributed by atoms with Crippen LogP contribution in [0.4, 0.5) is 0 Å². The number of hydrogen-bond donors (Lipinski definition) is 0. The van der Waals surface area contributed by atoms with E-state index in [4.69, 9.17) is 16.0 Å². The first-order valence-electron chi connectivity index (χ1n) is 4.92. The summed E-state index contributed by atoms with van der Waals surface area (Å²) < 4.78 is 7.10. The highest BCUT2D eigenvalue weighted by molar-refractivity contribution is 14.1. The van der Waals surface area contributed by atoms with E-state index in [2.05, 4.69) is 44.6 Å². The van der Waals surface area contributed by atoms with Crippen molar-refractivity contribution in [2.24, 2.45) is 0 Å². The quantitative estimate of drug-likeness (QED) is 0.471. The zero-order chi connectivity index (χ0) is 13.1. The molecule has 1 aromatic heterocycles. The van der Waals surface area contributed by atoms with Crippen LogP contribution in [0.2, 0.25) is 5.02 Å². The lowest BCUT2D eigenvalue weighted by molar-refractivity contribution is 0.527. The fourth-order valence-corrected chi connectivity index (χ4v) is 2.32. The highest BCUT2D eigenvalue weighted by Crippen LogP contribution is 2.27. The molecule has 1 heterocycles. The van der Waals surface area contributed by atoms with Crippen LogP contribution < -0.4 is 0 Å². The lowest BCUT2D eigenvalue weighted by Crippen LogP contribution is -1.80. The number of benzene rings is 1. The van der Waals surface area contributed by atoms with Crippen molar-refractivity contribution in [2.45, 2.75) is 0 Å². The van der Waals surface area contributed by atoms with Gasteiger partial charge in [0.2, 0.25) is 0 Å². The Bertz CT molecular complexity index is 638. The van der Waals surface area contributed by atoms with E-state index in [0.717, 1.165) is 13.8 Å². The Morgan fingerprint density at radius 1 is 1.44 bits per heavy atom. The molecule has 0 saturated carbocycles. The molecule has 1 aromatic carbocycles. The van der Waals surface area contributed by atoms with Gasteiger partial charge >= 0.3 is 0 Å². The number of furan rings is 1. The minimum Gasteiger partial charge on any atom is -0.450 e. The second kappa shape index (κ2) is 5.91. The molecule has 2 rings (SSSR count). The van der Waals surface area contributed by atoms with Crippen LogP contribution in [0.3, 0.4) is 0 Å². The van der Waals surface area contributed by atoms with Gasteiger partial charge in [0.1, 0.15) is 5.76 Å². The minimum absolute atomic E-state index is 0.509. The zero-order valence-corrected chi connectivity index (χ0v) is 13.5. The predicted molar refractivity (Wildman–Crippen MR) is 84.1 cm³/mol. The van der Waals surface area contributed by atoms with E-state index >= 15 is 0 Å². The van der Waals surface area contributed by atoms with Crippen molar-refractivity contribution in [1.29, 1.82) is 5.26 Å². The third-order valence-electron chi connectivity index (χ3n) is 2.21. The van der Waals surface area contributed by atoms with Crippen LogP contribution in [0, 0.1) is 15.1 Å². The van der Waals surface area contributed by atoms with Gasteiger partial charge in [0.05, 0.1) is 16.1 Å². The third-order valence-corrected chi connectivity index (χ3v) is 4.57. The molecule has 0 aliphatic carbocycles. The Morgan fingerprint density at radius 3 is 2.78 bits per heavy atom. The van der Waals surface area contributed by atoms with E-state index < -0.39 is 0 Å². The molecule has 0 bridgehead atoms. The molecule has 0 unspecified atom stereocenters. The van der Waals surface area contributed by atoms with E-state index in [1.165, 1.54) is 0 Å². The van der Waals surface area contributed by atoms with Crippen LogP contribution in [0.25, 0.3) is 11.6 Å². The summed E-state index contributed by atoms with van der Waals surface area (Å²) in [4.78, 5) is 0. The van der Waals surface area contributed by atoms with Crippen molar-refractivity contribution in [3.8, 4) is 6.07 Å². The molecule has 0 atom stereocenters. The van der Waals surface area contributed by atoms with Gasteiger partial charge in [-0.15, -0.1) is 0 Å². The summed E-state index contributed by atoms with van der Waals surface area (Å²) >= 11 is 11.3. The largest absolute Gasteiger partial charge is 0.450 e. The van der Waals surface area contributed by atoms with Gasteiger partial charge in [-0.05, 0) is 45.8 Å². The Morgan fingerprint density at radius 2 is 2.22 bits per heavy atom. The molecule has 0 saturated heterocycles. The maximum absolute atomic E-state index is 9.19. The molecular weight excluding hydrogens is 428 g/mol. The van der Waals surface area contributed by atoms with Crippen LogP contribution >= 0.6 is 50.1 Å². The van der Waals surface area contributed by atoms with Crippen LogP contribution in [0.1, 0.15) is 11.3 Å². The fourth-order valence-electron chi connectivity index (χ4n) is 1.41. The number of hydrogen-bond acceptors (Lipinski definition) is 2. The summed E-state index contributed by atoms with van der Waals surface area (Å²) in [6.45, 7) is 0. The summed E-state index contributed by atoms with van der Waals surface area (Å²) in [6.07, 6.45) is 1.69. The molecule has 0 aliphatic heterocycles. The van der Waals surface area contributed by atoms with E-state index in [-0.39, 0.29) is 0 Å². The molecule has 0 fully saturated rings. The Kier molecular flexibility index (Phi) is 4.49. The lowest BCUT2D eigenvalue weighted by Gasteiger charge is -1.98. The number of nitrogens with zero attached hydrogens (tertiary/aromatic N) is 1. The smallest absolute Gasteiger partial charge is 0.178 e. The third kappa shape index (κ3) is 3.16. The first-order chi connectivity index (χ1) is 8.60. The summed E-state index contributed by atoms with van der Waals surface area (Å²) in [6, 6.07) is 11.1. The van der Waals surface area contributed by atoms with Gasteiger partial charge in [-0.3, -0.25) is 0 Å². The van der Waals surface area contributed by atoms with E-state index in [1.807, 2.05) is 18.2 Å². The predicted octanol–water partition coefficient (Wildman–Crippen LogP) is 5.36. The van der Waals surface area contributed by atoms with Crippen LogP contribution in [0.15, 0.2) is 39.2 Å². The summed E-state index contributed by atoms with van der Waals surface area (Å²) in [5.74, 6) is 0.628. The summed E-state index contributed by atoms with van der Waals surface area (Å²) in [5, 5.41) is 9.79. The highest BCUT2D eigenvalue weighted by Gasteiger charge is 2.07. The van der Waals surface area contributed by atoms with Gasteiger partial charge in [0.25, 0.3) is 0 Å². The molecule has 90 valence electrons.